The molecule has 2 saturated heterocycles. The van der Waals surface area contributed by atoms with Gasteiger partial charge in [0.25, 0.3) is 5.91 Å². The molecule has 6 heteroatoms. The van der Waals surface area contributed by atoms with Crippen LogP contribution >= 0.6 is 0 Å². The molecule has 1 unspecified atom stereocenters. The fourth-order valence-electron chi connectivity index (χ4n) is 4.16. The monoisotopic (exact) mass is 390 g/mol. The normalized spacial score (nSPS) is 21.3. The van der Waals surface area contributed by atoms with E-state index in [4.69, 9.17) is 14.2 Å². The molecule has 6 nitrogen and oxygen atoms in total. The molecule has 0 saturated carbocycles. The molecule has 1 aromatic rings. The highest BCUT2D eigenvalue weighted by molar-refractivity contribution is 5.95. The molecule has 0 aromatic heterocycles. The summed E-state index contributed by atoms with van der Waals surface area (Å²) in [5, 5.41) is 0. The van der Waals surface area contributed by atoms with Crippen LogP contribution in [0.2, 0.25) is 0 Å². The number of nitrogens with zero attached hydrogens (tertiary/aromatic N) is 2. The van der Waals surface area contributed by atoms with Crippen LogP contribution < -0.4 is 9.47 Å². The van der Waals surface area contributed by atoms with E-state index in [2.05, 4.69) is 18.7 Å². The zero-order valence-corrected chi connectivity index (χ0v) is 17.6. The maximum Gasteiger partial charge on any atom is 0.254 e. The summed E-state index contributed by atoms with van der Waals surface area (Å²) in [4.78, 5) is 17.3. The number of likely N-dealkylation sites (tertiary alicyclic amines) is 2. The van der Waals surface area contributed by atoms with Crippen molar-refractivity contribution in [3.05, 3.63) is 23.8 Å². The van der Waals surface area contributed by atoms with Crippen LogP contribution in [0.1, 0.15) is 43.5 Å². The van der Waals surface area contributed by atoms with Gasteiger partial charge in [0.15, 0.2) is 11.5 Å². The van der Waals surface area contributed by atoms with Crippen molar-refractivity contribution in [2.24, 2.45) is 5.92 Å². The number of hydrogen-bond donors (Lipinski definition) is 0. The summed E-state index contributed by atoms with van der Waals surface area (Å²) in [6.45, 7) is 8.78. The summed E-state index contributed by atoms with van der Waals surface area (Å²) in [6.07, 6.45) is 3.13. The summed E-state index contributed by atoms with van der Waals surface area (Å²) < 4.78 is 17.0. The molecule has 2 aliphatic rings. The number of rotatable bonds is 7. The van der Waals surface area contributed by atoms with E-state index >= 15 is 0 Å². The van der Waals surface area contributed by atoms with Gasteiger partial charge in [-0.25, -0.2) is 0 Å². The second kappa shape index (κ2) is 9.61. The maximum atomic E-state index is 12.9. The quantitative estimate of drug-likeness (QED) is 0.716. The molecule has 0 bridgehead atoms. The van der Waals surface area contributed by atoms with Gasteiger partial charge in [-0.2, -0.15) is 0 Å². The second-order valence-electron chi connectivity index (χ2n) is 8.17. The van der Waals surface area contributed by atoms with Crippen molar-refractivity contribution in [1.29, 1.82) is 0 Å². The molecule has 2 aliphatic heterocycles. The minimum Gasteiger partial charge on any atom is -0.493 e. The molecule has 1 atom stereocenters. The van der Waals surface area contributed by atoms with Crippen molar-refractivity contribution in [1.82, 2.24) is 9.80 Å². The molecule has 3 rings (SSSR count). The minimum absolute atomic E-state index is 0.0562. The molecular formula is C22H34N2O4. The van der Waals surface area contributed by atoms with Gasteiger partial charge in [0.1, 0.15) is 6.10 Å². The molecule has 28 heavy (non-hydrogen) atoms. The molecule has 1 aromatic carbocycles. The molecule has 1 amide bonds. The van der Waals surface area contributed by atoms with E-state index in [-0.39, 0.29) is 12.0 Å². The van der Waals surface area contributed by atoms with Crippen LogP contribution in [0, 0.1) is 5.92 Å². The highest BCUT2D eigenvalue weighted by Crippen LogP contribution is 2.32. The minimum atomic E-state index is 0.0562. The lowest BCUT2D eigenvalue weighted by Gasteiger charge is -2.34. The SMILES string of the molecule is COCC1CCN(C(=O)c2ccc(OC)c(OC3CCN(C(C)C)CC3)c2)C1. The van der Waals surface area contributed by atoms with E-state index in [1.54, 1.807) is 14.2 Å². The molecule has 0 radical (unpaired) electrons. The number of carbonyl (C=O) groups excluding carboxylic acids is 1. The number of benzene rings is 1. The number of carbonyl (C=O) groups is 1. The Hall–Kier alpha value is -1.79. The zero-order chi connectivity index (χ0) is 20.1. The third-order valence-electron chi connectivity index (χ3n) is 5.89. The van der Waals surface area contributed by atoms with Crippen molar-refractivity contribution >= 4 is 5.91 Å². The third-order valence-corrected chi connectivity index (χ3v) is 5.89. The van der Waals surface area contributed by atoms with Gasteiger partial charge in [0, 0.05) is 50.8 Å². The number of piperidine rings is 1. The van der Waals surface area contributed by atoms with E-state index in [1.807, 2.05) is 23.1 Å². The summed E-state index contributed by atoms with van der Waals surface area (Å²) in [6, 6.07) is 6.09. The van der Waals surface area contributed by atoms with Gasteiger partial charge in [0.05, 0.1) is 13.7 Å². The Kier molecular flexibility index (Phi) is 7.18. The van der Waals surface area contributed by atoms with E-state index in [9.17, 15) is 4.79 Å². The molecule has 0 aliphatic carbocycles. The first-order chi connectivity index (χ1) is 13.5. The lowest BCUT2D eigenvalue weighted by molar-refractivity contribution is 0.0764. The van der Waals surface area contributed by atoms with Gasteiger partial charge < -0.3 is 24.0 Å². The van der Waals surface area contributed by atoms with Crippen LogP contribution in [0.15, 0.2) is 18.2 Å². The smallest absolute Gasteiger partial charge is 0.254 e. The lowest BCUT2D eigenvalue weighted by atomic mass is 10.1. The van der Waals surface area contributed by atoms with Crippen molar-refractivity contribution < 1.29 is 19.0 Å². The van der Waals surface area contributed by atoms with Crippen LogP contribution in [0.4, 0.5) is 0 Å². The standard InChI is InChI=1S/C22H34N2O4/c1-16(2)23-11-8-19(9-12-23)28-21-13-18(5-6-20(21)27-4)22(25)24-10-7-17(14-24)15-26-3/h5-6,13,16-17,19H,7-12,14-15H2,1-4H3. The first-order valence-electron chi connectivity index (χ1n) is 10.4. The van der Waals surface area contributed by atoms with Gasteiger partial charge in [-0.1, -0.05) is 0 Å². The van der Waals surface area contributed by atoms with Crippen LogP contribution in [-0.4, -0.2) is 74.9 Å². The molecule has 0 N–H and O–H groups in total. The number of ether oxygens (including phenoxy) is 3. The van der Waals surface area contributed by atoms with E-state index in [0.29, 0.717) is 35.6 Å². The highest BCUT2D eigenvalue weighted by atomic mass is 16.5. The molecule has 156 valence electrons. The number of amides is 1. The molecule has 2 heterocycles. The van der Waals surface area contributed by atoms with Gasteiger partial charge in [-0.15, -0.1) is 0 Å². The van der Waals surface area contributed by atoms with Crippen molar-refractivity contribution in [3.8, 4) is 11.5 Å². The molecule has 0 spiro atoms. The van der Waals surface area contributed by atoms with Crippen LogP contribution in [0.3, 0.4) is 0 Å². The summed E-state index contributed by atoms with van der Waals surface area (Å²) in [7, 11) is 3.35. The van der Waals surface area contributed by atoms with Crippen LogP contribution in [-0.2, 0) is 4.74 Å². The average molecular weight is 391 g/mol. The average Bonchev–Trinajstić information content (AvgIpc) is 3.16. The van der Waals surface area contributed by atoms with Crippen LogP contribution in [0.25, 0.3) is 0 Å². The number of methoxy groups -OCH3 is 2. The third kappa shape index (κ3) is 4.97. The summed E-state index contributed by atoms with van der Waals surface area (Å²) >= 11 is 0. The largest absolute Gasteiger partial charge is 0.493 e. The second-order valence-corrected chi connectivity index (χ2v) is 8.17. The van der Waals surface area contributed by atoms with Crippen molar-refractivity contribution in [2.75, 3.05) is 47.0 Å². The Morgan fingerprint density at radius 2 is 1.86 bits per heavy atom. The van der Waals surface area contributed by atoms with E-state index in [1.165, 1.54) is 0 Å². The van der Waals surface area contributed by atoms with Gasteiger partial charge in [-0.3, -0.25) is 4.79 Å². The Balaban J connectivity index is 1.66. The number of hydrogen-bond acceptors (Lipinski definition) is 5. The first kappa shape index (κ1) is 20.9. The zero-order valence-electron chi connectivity index (χ0n) is 17.6. The topological polar surface area (TPSA) is 51.2 Å². The maximum absolute atomic E-state index is 12.9. The molecule has 2 fully saturated rings. The predicted molar refractivity (Wildman–Crippen MR) is 109 cm³/mol. The van der Waals surface area contributed by atoms with Gasteiger partial charge in [-0.05, 0) is 51.3 Å². The van der Waals surface area contributed by atoms with Gasteiger partial charge in [0.2, 0.25) is 0 Å². The lowest BCUT2D eigenvalue weighted by Crippen LogP contribution is -2.41. The van der Waals surface area contributed by atoms with E-state index < -0.39 is 0 Å². The summed E-state index contributed by atoms with van der Waals surface area (Å²) in [5.41, 5.74) is 0.661. The van der Waals surface area contributed by atoms with E-state index in [0.717, 1.165) is 45.4 Å². The fourth-order valence-corrected chi connectivity index (χ4v) is 4.16. The Bertz CT molecular complexity index is 656. The predicted octanol–water partition coefficient (Wildman–Crippen LogP) is 3.06. The molecular weight excluding hydrogens is 356 g/mol. The van der Waals surface area contributed by atoms with Crippen molar-refractivity contribution in [2.45, 2.75) is 45.3 Å². The Morgan fingerprint density at radius 3 is 2.50 bits per heavy atom. The van der Waals surface area contributed by atoms with Crippen LogP contribution in [0.5, 0.6) is 11.5 Å². The van der Waals surface area contributed by atoms with Crippen molar-refractivity contribution in [3.63, 3.8) is 0 Å². The highest BCUT2D eigenvalue weighted by Gasteiger charge is 2.28. The first-order valence-corrected chi connectivity index (χ1v) is 10.4. The Labute approximate surface area is 168 Å². The Morgan fingerprint density at radius 1 is 1.11 bits per heavy atom. The summed E-state index contributed by atoms with van der Waals surface area (Å²) in [5.74, 6) is 1.83. The fraction of sp³-hybridized carbons (Fsp3) is 0.682. The van der Waals surface area contributed by atoms with Gasteiger partial charge >= 0.3 is 0 Å².